The van der Waals surface area contributed by atoms with Crippen LogP contribution >= 0.6 is 11.8 Å². The number of hydrogen-bond acceptors (Lipinski definition) is 2. The lowest BCUT2D eigenvalue weighted by Crippen LogP contribution is -2.22. The zero-order valence-electron chi connectivity index (χ0n) is 12.7. The molecule has 2 aromatic rings. The molecule has 0 saturated carbocycles. The smallest absolute Gasteiger partial charge is 0.237 e. The summed E-state index contributed by atoms with van der Waals surface area (Å²) in [6, 6.07) is 16.3. The molecule has 2 aromatic carbocycles. The number of carbonyl (C=O) groups is 1. The first-order chi connectivity index (χ1) is 10.1. The SMILES string of the molecule is CCc1ccc(NC(=O)C(C)Sc2ccc(C)cc2)cc1. The Morgan fingerprint density at radius 3 is 2.29 bits per heavy atom. The average Bonchev–Trinajstić information content (AvgIpc) is 2.50. The number of amides is 1. The van der Waals surface area contributed by atoms with Gasteiger partial charge >= 0.3 is 0 Å². The van der Waals surface area contributed by atoms with Gasteiger partial charge in [0.25, 0.3) is 0 Å². The summed E-state index contributed by atoms with van der Waals surface area (Å²) >= 11 is 1.58. The van der Waals surface area contributed by atoms with Crippen molar-refractivity contribution in [1.29, 1.82) is 0 Å². The third kappa shape index (κ3) is 4.64. The minimum absolute atomic E-state index is 0.0322. The van der Waals surface area contributed by atoms with Crippen molar-refractivity contribution in [1.82, 2.24) is 0 Å². The topological polar surface area (TPSA) is 29.1 Å². The van der Waals surface area contributed by atoms with Crippen LogP contribution in [0.2, 0.25) is 0 Å². The van der Waals surface area contributed by atoms with Gasteiger partial charge in [-0.1, -0.05) is 36.8 Å². The molecule has 0 aliphatic rings. The summed E-state index contributed by atoms with van der Waals surface area (Å²) in [4.78, 5) is 13.3. The number of nitrogens with one attached hydrogen (secondary N) is 1. The lowest BCUT2D eigenvalue weighted by atomic mass is 10.1. The number of benzene rings is 2. The Morgan fingerprint density at radius 1 is 1.10 bits per heavy atom. The van der Waals surface area contributed by atoms with Gasteiger partial charge in [0.2, 0.25) is 5.91 Å². The van der Waals surface area contributed by atoms with Gasteiger partial charge in [0, 0.05) is 10.6 Å². The van der Waals surface area contributed by atoms with Crippen molar-refractivity contribution in [2.75, 3.05) is 5.32 Å². The van der Waals surface area contributed by atoms with E-state index in [1.54, 1.807) is 11.8 Å². The summed E-state index contributed by atoms with van der Waals surface area (Å²) < 4.78 is 0. The molecular formula is C18H21NOS. The van der Waals surface area contributed by atoms with Crippen LogP contribution in [0.4, 0.5) is 5.69 Å². The molecule has 0 aliphatic carbocycles. The molecule has 0 saturated heterocycles. The Labute approximate surface area is 131 Å². The van der Waals surface area contributed by atoms with Gasteiger partial charge in [-0.25, -0.2) is 0 Å². The quantitative estimate of drug-likeness (QED) is 0.812. The van der Waals surface area contributed by atoms with E-state index >= 15 is 0 Å². The van der Waals surface area contributed by atoms with Crippen molar-refractivity contribution < 1.29 is 4.79 Å². The van der Waals surface area contributed by atoms with Gasteiger partial charge in [-0.2, -0.15) is 0 Å². The van der Waals surface area contributed by atoms with Crippen molar-refractivity contribution >= 4 is 23.4 Å². The summed E-state index contributed by atoms with van der Waals surface area (Å²) in [6.45, 7) is 6.11. The fourth-order valence-corrected chi connectivity index (χ4v) is 2.81. The normalized spacial score (nSPS) is 12.0. The summed E-state index contributed by atoms with van der Waals surface area (Å²) in [6.07, 6.45) is 1.01. The van der Waals surface area contributed by atoms with Crippen molar-refractivity contribution in [3.8, 4) is 0 Å². The number of thioether (sulfide) groups is 1. The van der Waals surface area contributed by atoms with Crippen LogP contribution in [0.3, 0.4) is 0 Å². The van der Waals surface area contributed by atoms with Crippen LogP contribution in [0, 0.1) is 6.92 Å². The standard InChI is InChI=1S/C18H21NOS/c1-4-15-7-9-16(10-8-15)19-18(20)14(3)21-17-11-5-13(2)6-12-17/h5-12,14H,4H2,1-3H3,(H,19,20). The predicted molar refractivity (Wildman–Crippen MR) is 90.9 cm³/mol. The van der Waals surface area contributed by atoms with Crippen molar-refractivity contribution in [3.63, 3.8) is 0 Å². The van der Waals surface area contributed by atoms with E-state index in [1.165, 1.54) is 11.1 Å². The Balaban J connectivity index is 1.93. The molecule has 0 bridgehead atoms. The summed E-state index contributed by atoms with van der Waals surface area (Å²) in [5, 5.41) is 2.84. The maximum absolute atomic E-state index is 12.2. The van der Waals surface area contributed by atoms with E-state index in [1.807, 2.05) is 31.2 Å². The van der Waals surface area contributed by atoms with Gasteiger partial charge < -0.3 is 5.32 Å². The third-order valence-electron chi connectivity index (χ3n) is 3.33. The number of carbonyl (C=O) groups excluding carboxylic acids is 1. The van der Waals surface area contributed by atoms with Crippen molar-refractivity contribution in [2.24, 2.45) is 0 Å². The molecule has 1 amide bonds. The van der Waals surface area contributed by atoms with Gasteiger partial charge in [-0.15, -0.1) is 11.8 Å². The first kappa shape index (κ1) is 15.6. The van der Waals surface area contributed by atoms with E-state index in [0.717, 1.165) is 17.0 Å². The molecule has 21 heavy (non-hydrogen) atoms. The van der Waals surface area contributed by atoms with Crippen LogP contribution < -0.4 is 5.32 Å². The highest BCUT2D eigenvalue weighted by Crippen LogP contribution is 2.24. The molecule has 1 unspecified atom stereocenters. The van der Waals surface area contributed by atoms with E-state index in [0.29, 0.717) is 0 Å². The number of anilines is 1. The minimum atomic E-state index is -0.126. The summed E-state index contributed by atoms with van der Waals surface area (Å²) in [5.41, 5.74) is 3.36. The first-order valence-electron chi connectivity index (χ1n) is 7.21. The summed E-state index contributed by atoms with van der Waals surface area (Å²) in [7, 11) is 0. The minimum Gasteiger partial charge on any atom is -0.325 e. The molecule has 2 nitrogen and oxygen atoms in total. The van der Waals surface area contributed by atoms with Crippen LogP contribution in [-0.2, 0) is 11.2 Å². The lowest BCUT2D eigenvalue weighted by Gasteiger charge is -2.12. The second-order valence-corrected chi connectivity index (χ2v) is 6.53. The lowest BCUT2D eigenvalue weighted by molar-refractivity contribution is -0.115. The second-order valence-electron chi connectivity index (χ2n) is 5.11. The number of aryl methyl sites for hydroxylation is 2. The monoisotopic (exact) mass is 299 g/mol. The highest BCUT2D eigenvalue weighted by molar-refractivity contribution is 8.00. The van der Waals surface area contributed by atoms with Crippen LogP contribution in [0.1, 0.15) is 25.0 Å². The predicted octanol–water partition coefficient (Wildman–Crippen LogP) is 4.68. The number of hydrogen-bond donors (Lipinski definition) is 1. The highest BCUT2D eigenvalue weighted by Gasteiger charge is 2.14. The van der Waals surface area contributed by atoms with Gasteiger partial charge in [-0.05, 0) is 50.1 Å². The molecule has 110 valence electrons. The largest absolute Gasteiger partial charge is 0.325 e. The molecule has 0 spiro atoms. The molecule has 2 rings (SSSR count). The second kappa shape index (κ2) is 7.32. The first-order valence-corrected chi connectivity index (χ1v) is 8.09. The number of rotatable bonds is 5. The van der Waals surface area contributed by atoms with Gasteiger partial charge in [0.05, 0.1) is 5.25 Å². The molecule has 3 heteroatoms. The molecule has 0 aromatic heterocycles. The van der Waals surface area contributed by atoms with Crippen LogP contribution in [0.5, 0.6) is 0 Å². The summed E-state index contributed by atoms with van der Waals surface area (Å²) in [5.74, 6) is 0.0322. The van der Waals surface area contributed by atoms with Crippen LogP contribution in [-0.4, -0.2) is 11.2 Å². The van der Waals surface area contributed by atoms with Crippen LogP contribution in [0.15, 0.2) is 53.4 Å². The fraction of sp³-hybridized carbons (Fsp3) is 0.278. The molecule has 0 radical (unpaired) electrons. The van der Waals surface area contributed by atoms with Crippen molar-refractivity contribution in [3.05, 3.63) is 59.7 Å². The molecule has 1 N–H and O–H groups in total. The van der Waals surface area contributed by atoms with E-state index < -0.39 is 0 Å². The third-order valence-corrected chi connectivity index (χ3v) is 4.44. The highest BCUT2D eigenvalue weighted by atomic mass is 32.2. The molecular weight excluding hydrogens is 278 g/mol. The zero-order chi connectivity index (χ0) is 15.2. The van der Waals surface area contributed by atoms with E-state index in [-0.39, 0.29) is 11.2 Å². The molecule has 0 aliphatic heterocycles. The Morgan fingerprint density at radius 2 is 1.71 bits per heavy atom. The average molecular weight is 299 g/mol. The molecule has 0 heterocycles. The van der Waals surface area contributed by atoms with Crippen LogP contribution in [0.25, 0.3) is 0 Å². The van der Waals surface area contributed by atoms with Gasteiger partial charge in [-0.3, -0.25) is 4.79 Å². The van der Waals surface area contributed by atoms with Gasteiger partial charge in [0.1, 0.15) is 0 Å². The van der Waals surface area contributed by atoms with E-state index in [9.17, 15) is 4.79 Å². The molecule has 1 atom stereocenters. The Kier molecular flexibility index (Phi) is 5.45. The van der Waals surface area contributed by atoms with Crippen molar-refractivity contribution in [2.45, 2.75) is 37.3 Å². The van der Waals surface area contributed by atoms with E-state index in [2.05, 4.69) is 43.4 Å². The maximum Gasteiger partial charge on any atom is 0.237 e. The zero-order valence-corrected chi connectivity index (χ0v) is 13.5. The fourth-order valence-electron chi connectivity index (χ4n) is 1.94. The Hall–Kier alpha value is -1.74. The Bertz CT molecular complexity index is 590. The maximum atomic E-state index is 12.2. The van der Waals surface area contributed by atoms with E-state index in [4.69, 9.17) is 0 Å². The van der Waals surface area contributed by atoms with Gasteiger partial charge in [0.15, 0.2) is 0 Å². The molecule has 0 fully saturated rings.